The second kappa shape index (κ2) is 9.05. The number of rotatable bonds is 6. The predicted molar refractivity (Wildman–Crippen MR) is 101 cm³/mol. The van der Waals surface area contributed by atoms with Gasteiger partial charge >= 0.3 is 6.09 Å². The fourth-order valence-corrected chi connectivity index (χ4v) is 3.46. The second-order valence-electron chi connectivity index (χ2n) is 6.77. The molecule has 0 saturated carbocycles. The fourth-order valence-electron chi connectivity index (χ4n) is 3.46. The molecule has 9 nitrogen and oxygen atoms in total. The molecule has 0 aromatic heterocycles. The Hall–Kier alpha value is -2.62. The normalized spacial score (nSPS) is 19.6. The minimum atomic E-state index is -0.668. The first-order chi connectivity index (χ1) is 13.5. The Kier molecular flexibility index (Phi) is 6.50. The molecular weight excluding hydrogens is 371 g/mol. The highest BCUT2D eigenvalue weighted by molar-refractivity contribution is 5.72. The number of nitro groups is 1. The lowest BCUT2D eigenvalue weighted by Gasteiger charge is -2.35. The first kappa shape index (κ1) is 20.1. The largest absolute Gasteiger partial charge is 0.450 e. The number of carbonyl (C=O) groups excluding carboxylic acids is 1. The van der Waals surface area contributed by atoms with Crippen LogP contribution in [0.2, 0.25) is 0 Å². The molecule has 1 atom stereocenters. The number of anilines is 2. The van der Waals surface area contributed by atoms with Crippen molar-refractivity contribution in [3.8, 4) is 0 Å². The predicted octanol–water partition coefficient (Wildman–Crippen LogP) is 2.60. The van der Waals surface area contributed by atoms with Crippen molar-refractivity contribution >= 4 is 23.2 Å². The van der Waals surface area contributed by atoms with Crippen molar-refractivity contribution in [2.24, 2.45) is 0 Å². The number of hydrogen-bond acceptors (Lipinski definition) is 7. The van der Waals surface area contributed by atoms with E-state index in [1.54, 1.807) is 16.7 Å². The smallest absolute Gasteiger partial charge is 0.409 e. The zero-order valence-corrected chi connectivity index (χ0v) is 15.9. The maximum Gasteiger partial charge on any atom is 0.409 e. The molecule has 0 spiro atoms. The van der Waals surface area contributed by atoms with Gasteiger partial charge in [0.05, 0.1) is 29.4 Å². The minimum absolute atomic E-state index is 0.0196. The fraction of sp³-hybridized carbons (Fsp3) is 0.611. The van der Waals surface area contributed by atoms with Crippen molar-refractivity contribution in [3.63, 3.8) is 0 Å². The van der Waals surface area contributed by atoms with Crippen LogP contribution in [0.4, 0.5) is 26.2 Å². The van der Waals surface area contributed by atoms with Crippen LogP contribution in [0.5, 0.6) is 0 Å². The van der Waals surface area contributed by atoms with Gasteiger partial charge in [0.1, 0.15) is 5.69 Å². The molecule has 2 heterocycles. The van der Waals surface area contributed by atoms with Gasteiger partial charge in [-0.25, -0.2) is 9.18 Å². The van der Waals surface area contributed by atoms with Crippen LogP contribution in [0.15, 0.2) is 12.1 Å². The van der Waals surface area contributed by atoms with Crippen LogP contribution in [0.3, 0.4) is 0 Å². The number of amides is 1. The van der Waals surface area contributed by atoms with Crippen LogP contribution in [-0.4, -0.2) is 68.0 Å². The average molecular weight is 396 g/mol. The summed E-state index contributed by atoms with van der Waals surface area (Å²) in [6.07, 6.45) is 1.51. The molecule has 28 heavy (non-hydrogen) atoms. The number of hydrogen-bond donors (Lipinski definition) is 1. The summed E-state index contributed by atoms with van der Waals surface area (Å²) in [6, 6.07) is 2.42. The van der Waals surface area contributed by atoms with Crippen molar-refractivity contribution in [2.45, 2.75) is 25.9 Å². The van der Waals surface area contributed by atoms with E-state index in [9.17, 15) is 19.3 Å². The maximum absolute atomic E-state index is 14.4. The summed E-state index contributed by atoms with van der Waals surface area (Å²) >= 11 is 0. The van der Waals surface area contributed by atoms with E-state index in [0.717, 1.165) is 18.9 Å². The van der Waals surface area contributed by atoms with E-state index in [1.165, 1.54) is 6.07 Å². The van der Waals surface area contributed by atoms with Crippen LogP contribution in [0, 0.1) is 15.9 Å². The van der Waals surface area contributed by atoms with Gasteiger partial charge in [-0.3, -0.25) is 10.1 Å². The number of nitrogens with one attached hydrogen (secondary N) is 1. The third-order valence-corrected chi connectivity index (χ3v) is 4.95. The Labute approximate surface area is 162 Å². The van der Waals surface area contributed by atoms with Crippen molar-refractivity contribution in [1.82, 2.24) is 4.90 Å². The van der Waals surface area contributed by atoms with Gasteiger partial charge in [0.15, 0.2) is 5.82 Å². The first-order valence-electron chi connectivity index (χ1n) is 9.49. The van der Waals surface area contributed by atoms with Gasteiger partial charge < -0.3 is 24.6 Å². The summed E-state index contributed by atoms with van der Waals surface area (Å²) in [5, 5.41) is 14.5. The Balaban J connectivity index is 1.74. The number of halogens is 1. The van der Waals surface area contributed by atoms with Crippen molar-refractivity contribution < 1.29 is 23.6 Å². The van der Waals surface area contributed by atoms with E-state index in [-0.39, 0.29) is 17.5 Å². The molecule has 2 fully saturated rings. The van der Waals surface area contributed by atoms with E-state index >= 15 is 0 Å². The summed E-state index contributed by atoms with van der Waals surface area (Å²) in [5.74, 6) is -0.668. The van der Waals surface area contributed by atoms with Crippen LogP contribution >= 0.6 is 0 Å². The van der Waals surface area contributed by atoms with Gasteiger partial charge in [-0.1, -0.05) is 0 Å². The van der Waals surface area contributed by atoms with Crippen LogP contribution in [0.1, 0.15) is 19.8 Å². The maximum atomic E-state index is 14.4. The summed E-state index contributed by atoms with van der Waals surface area (Å²) in [7, 11) is 0. The SMILES string of the molecule is CCOC(=O)N1CCN(c2cc(NC[C@H]3CCCO3)c(F)cc2[N+](=O)[O-])CC1. The minimum Gasteiger partial charge on any atom is -0.450 e. The molecule has 0 radical (unpaired) electrons. The summed E-state index contributed by atoms with van der Waals surface area (Å²) in [6.45, 7) is 4.74. The molecule has 0 aliphatic carbocycles. The number of benzene rings is 1. The Morgan fingerprint density at radius 2 is 2.14 bits per heavy atom. The van der Waals surface area contributed by atoms with Crippen LogP contribution in [0.25, 0.3) is 0 Å². The Bertz CT molecular complexity index is 718. The van der Waals surface area contributed by atoms with E-state index in [1.807, 2.05) is 0 Å². The van der Waals surface area contributed by atoms with Gasteiger partial charge in [-0.05, 0) is 25.8 Å². The van der Waals surface area contributed by atoms with Gasteiger partial charge in [-0.2, -0.15) is 0 Å². The van der Waals surface area contributed by atoms with Crippen molar-refractivity contribution in [1.29, 1.82) is 0 Å². The second-order valence-corrected chi connectivity index (χ2v) is 6.77. The third kappa shape index (κ3) is 4.61. The van der Waals surface area contributed by atoms with Gasteiger partial charge in [0.25, 0.3) is 5.69 Å². The number of carbonyl (C=O) groups is 1. The van der Waals surface area contributed by atoms with Gasteiger partial charge in [0.2, 0.25) is 0 Å². The molecule has 0 unspecified atom stereocenters. The van der Waals surface area contributed by atoms with Crippen LogP contribution < -0.4 is 10.2 Å². The van der Waals surface area contributed by atoms with Crippen molar-refractivity contribution in [3.05, 3.63) is 28.1 Å². The zero-order chi connectivity index (χ0) is 20.1. The van der Waals surface area contributed by atoms with E-state index in [4.69, 9.17) is 9.47 Å². The molecule has 1 N–H and O–H groups in total. The van der Waals surface area contributed by atoms with E-state index < -0.39 is 16.8 Å². The summed E-state index contributed by atoms with van der Waals surface area (Å²) in [5.41, 5.74) is 0.262. The highest BCUT2D eigenvalue weighted by Crippen LogP contribution is 2.34. The average Bonchev–Trinajstić information content (AvgIpc) is 3.20. The molecule has 2 aliphatic rings. The molecule has 3 rings (SSSR count). The Morgan fingerprint density at radius 3 is 2.75 bits per heavy atom. The molecule has 0 bridgehead atoms. The number of piperazine rings is 1. The first-order valence-corrected chi connectivity index (χ1v) is 9.49. The van der Waals surface area contributed by atoms with Crippen LogP contribution in [-0.2, 0) is 9.47 Å². The zero-order valence-electron chi connectivity index (χ0n) is 15.9. The quantitative estimate of drug-likeness (QED) is 0.583. The monoisotopic (exact) mass is 396 g/mol. The molecule has 10 heteroatoms. The number of ether oxygens (including phenoxy) is 2. The molecule has 154 valence electrons. The van der Waals surface area contributed by atoms with E-state index in [2.05, 4.69) is 5.32 Å². The molecule has 1 amide bonds. The third-order valence-electron chi connectivity index (χ3n) is 4.95. The topological polar surface area (TPSA) is 97.2 Å². The van der Waals surface area contributed by atoms with E-state index in [0.29, 0.717) is 51.6 Å². The summed E-state index contributed by atoms with van der Waals surface area (Å²) in [4.78, 5) is 26.0. The van der Waals surface area contributed by atoms with Crippen molar-refractivity contribution in [2.75, 3.05) is 56.2 Å². The standard InChI is InChI=1S/C18H25FN4O5/c1-2-27-18(24)22-7-5-21(6-8-22)16-11-15(14(19)10-17(16)23(25)26)20-12-13-4-3-9-28-13/h10-11,13,20H,2-9,12H2,1H3/t13-/m1/s1. The molecule has 1 aromatic carbocycles. The summed E-state index contributed by atoms with van der Waals surface area (Å²) < 4.78 is 24.9. The lowest BCUT2D eigenvalue weighted by atomic mass is 10.1. The highest BCUT2D eigenvalue weighted by Gasteiger charge is 2.28. The highest BCUT2D eigenvalue weighted by atomic mass is 19.1. The number of nitro benzene ring substituents is 1. The lowest BCUT2D eigenvalue weighted by molar-refractivity contribution is -0.384. The van der Waals surface area contributed by atoms with Gasteiger partial charge in [-0.15, -0.1) is 0 Å². The molecule has 2 aliphatic heterocycles. The molecule has 1 aromatic rings. The number of nitrogens with zero attached hydrogens (tertiary/aromatic N) is 3. The molecular formula is C18H25FN4O5. The lowest BCUT2D eigenvalue weighted by Crippen LogP contribution is -2.49. The molecule has 2 saturated heterocycles. The van der Waals surface area contributed by atoms with Gasteiger partial charge in [0, 0.05) is 39.3 Å². The Morgan fingerprint density at radius 1 is 1.39 bits per heavy atom.